The molecule has 2 aromatic heterocycles. The first-order valence-electron chi connectivity index (χ1n) is 19.4. The molecule has 0 N–H and O–H groups in total. The van der Waals surface area contributed by atoms with Crippen LogP contribution in [0.1, 0.15) is 66.9 Å². The maximum atomic E-state index is 13.3. The standard InChI is InChI=1S/C23H20FN3O.C15H16BrN3O.C8H5F.ClH/c24-18-5-3-4-16(12-18)7-8-17-9-10-20-21(13-17)25-22-15-26-11-2-1-6-19(26)14-27(22)23(20)28;16-10-4-5-12-13(7-10)17-14-9-18-6-2-1-3-11(18)8-19(14)15(12)20;1-2-7-4-3-5-8(9)6-7;/h3-5,9-10,12-13,19H,1-2,6,11,14-15H2;4-5,7,11H,1-3,6,8-9H2;1,3-6H;1H. The lowest BCUT2D eigenvalue weighted by Gasteiger charge is -2.40. The molecule has 12 heteroatoms. The summed E-state index contributed by atoms with van der Waals surface area (Å²) in [5.41, 5.74) is 3.59. The normalized spacial score (nSPS) is 18.2. The van der Waals surface area contributed by atoms with Crippen LogP contribution in [0.4, 0.5) is 8.78 Å². The minimum absolute atomic E-state index is 0. The van der Waals surface area contributed by atoms with E-state index in [0.717, 1.165) is 78.3 Å². The van der Waals surface area contributed by atoms with Crippen LogP contribution in [0.5, 0.6) is 0 Å². The van der Waals surface area contributed by atoms with Crippen molar-refractivity contribution in [3.8, 4) is 24.2 Å². The number of nitrogens with zero attached hydrogens (tertiary/aromatic N) is 6. The average Bonchev–Trinajstić information content (AvgIpc) is 3.22. The Morgan fingerprint density at radius 2 is 1.14 bits per heavy atom. The van der Waals surface area contributed by atoms with E-state index < -0.39 is 0 Å². The van der Waals surface area contributed by atoms with Crippen LogP contribution >= 0.6 is 28.3 Å². The van der Waals surface area contributed by atoms with Crippen LogP contribution in [0.2, 0.25) is 0 Å². The van der Waals surface area contributed by atoms with Gasteiger partial charge in [-0.25, -0.2) is 18.7 Å². The van der Waals surface area contributed by atoms with Crippen LogP contribution in [0.15, 0.2) is 99.0 Å². The van der Waals surface area contributed by atoms with Crippen molar-refractivity contribution in [2.24, 2.45) is 0 Å². The molecule has 2 saturated heterocycles. The zero-order chi connectivity index (χ0) is 39.5. The zero-order valence-corrected chi connectivity index (χ0v) is 34.2. The van der Waals surface area contributed by atoms with Crippen LogP contribution in [0.3, 0.4) is 0 Å². The Labute approximate surface area is 350 Å². The second-order valence-corrected chi connectivity index (χ2v) is 15.9. The summed E-state index contributed by atoms with van der Waals surface area (Å²) in [7, 11) is 0. The minimum Gasteiger partial charge on any atom is -0.293 e. The first kappa shape index (κ1) is 41.0. The van der Waals surface area contributed by atoms with Gasteiger partial charge in [0.2, 0.25) is 0 Å². The third-order valence-electron chi connectivity index (χ3n) is 11.2. The molecular formula is C46H42BrClF2N6O2. The molecule has 2 atom stereocenters. The van der Waals surface area contributed by atoms with Crippen molar-refractivity contribution >= 4 is 50.1 Å². The molecule has 2 fully saturated rings. The van der Waals surface area contributed by atoms with E-state index in [9.17, 15) is 18.4 Å². The molecule has 0 amide bonds. The molecule has 4 aliphatic rings. The fourth-order valence-electron chi connectivity index (χ4n) is 8.23. The summed E-state index contributed by atoms with van der Waals surface area (Å²) in [6, 6.07) is 24.3. The van der Waals surface area contributed by atoms with Crippen molar-refractivity contribution in [1.82, 2.24) is 28.9 Å². The molecule has 0 spiro atoms. The highest BCUT2D eigenvalue weighted by Gasteiger charge is 2.31. The SMILES string of the molecule is C#Cc1cccc(F)c1.Cl.O=c1c2ccc(Br)cc2nc2n1CC1CCCCN1C2.O=c1c2ccc(C#Cc3cccc(F)c3)cc2nc2n1CC1CCCCN1C2. The van der Waals surface area contributed by atoms with Crippen molar-refractivity contribution in [3.63, 3.8) is 0 Å². The first-order valence-corrected chi connectivity index (χ1v) is 20.2. The molecule has 2 unspecified atom stereocenters. The maximum Gasteiger partial charge on any atom is 0.261 e. The fraction of sp³-hybridized carbons (Fsp3) is 0.304. The van der Waals surface area contributed by atoms with Crippen LogP contribution in [0.25, 0.3) is 21.8 Å². The Morgan fingerprint density at radius 3 is 1.67 bits per heavy atom. The molecule has 4 aliphatic heterocycles. The Kier molecular flexibility index (Phi) is 12.9. The van der Waals surface area contributed by atoms with E-state index in [4.69, 9.17) is 16.4 Å². The van der Waals surface area contributed by atoms with Crippen LogP contribution in [-0.4, -0.2) is 54.1 Å². The average molecular weight is 864 g/mol. The predicted molar refractivity (Wildman–Crippen MR) is 230 cm³/mol. The van der Waals surface area contributed by atoms with E-state index >= 15 is 0 Å². The number of aromatic nitrogens is 4. The number of fused-ring (bicyclic) bond motifs is 6. The van der Waals surface area contributed by atoms with Gasteiger partial charge in [-0.05, 0) is 112 Å². The van der Waals surface area contributed by atoms with E-state index in [1.807, 2.05) is 39.5 Å². The van der Waals surface area contributed by atoms with Gasteiger partial charge in [-0.15, -0.1) is 18.8 Å². The van der Waals surface area contributed by atoms with Gasteiger partial charge in [0.1, 0.15) is 23.3 Å². The van der Waals surface area contributed by atoms with Gasteiger partial charge in [-0.1, -0.05) is 58.7 Å². The van der Waals surface area contributed by atoms with E-state index in [-0.39, 0.29) is 35.2 Å². The molecule has 0 aliphatic carbocycles. The summed E-state index contributed by atoms with van der Waals surface area (Å²) in [6.07, 6.45) is 12.3. The summed E-state index contributed by atoms with van der Waals surface area (Å²) in [6.45, 7) is 5.29. The smallest absolute Gasteiger partial charge is 0.261 e. The number of piperidine rings is 2. The van der Waals surface area contributed by atoms with Crippen molar-refractivity contribution in [1.29, 1.82) is 0 Å². The molecular weight excluding hydrogens is 822 g/mol. The highest BCUT2D eigenvalue weighted by molar-refractivity contribution is 9.10. The maximum absolute atomic E-state index is 13.3. The van der Waals surface area contributed by atoms with Gasteiger partial charge in [0.05, 0.1) is 34.9 Å². The molecule has 0 radical (unpaired) electrons. The second kappa shape index (κ2) is 18.2. The van der Waals surface area contributed by atoms with E-state index in [2.05, 4.69) is 43.5 Å². The van der Waals surface area contributed by atoms with E-state index in [1.54, 1.807) is 30.3 Å². The summed E-state index contributed by atoms with van der Waals surface area (Å²) in [4.78, 5) is 40.1. The van der Waals surface area contributed by atoms with Crippen molar-refractivity contribution < 1.29 is 8.78 Å². The number of halogens is 4. The Morgan fingerprint density at radius 1 is 0.638 bits per heavy atom. The van der Waals surface area contributed by atoms with Crippen LogP contribution in [0, 0.1) is 35.8 Å². The van der Waals surface area contributed by atoms with E-state index in [1.165, 1.54) is 56.4 Å². The monoisotopic (exact) mass is 862 g/mol. The van der Waals surface area contributed by atoms with Crippen LogP contribution in [-0.2, 0) is 26.2 Å². The molecule has 6 heterocycles. The molecule has 8 nitrogen and oxygen atoms in total. The first-order chi connectivity index (χ1) is 27.7. The van der Waals surface area contributed by atoms with Gasteiger partial charge in [0, 0.05) is 46.3 Å². The lowest BCUT2D eigenvalue weighted by Crippen LogP contribution is -2.49. The molecule has 296 valence electrons. The molecule has 0 saturated carbocycles. The summed E-state index contributed by atoms with van der Waals surface area (Å²) in [5, 5.41) is 1.35. The minimum atomic E-state index is -0.303. The van der Waals surface area contributed by atoms with E-state index in [0.29, 0.717) is 34.1 Å². The van der Waals surface area contributed by atoms with Gasteiger partial charge in [0.15, 0.2) is 0 Å². The Bertz CT molecular complexity index is 2720. The Hall–Kier alpha value is -5.17. The zero-order valence-electron chi connectivity index (χ0n) is 31.8. The third-order valence-corrected chi connectivity index (χ3v) is 11.7. The number of rotatable bonds is 0. The highest BCUT2D eigenvalue weighted by atomic mass is 79.9. The number of terminal acetylenes is 1. The van der Waals surface area contributed by atoms with Crippen molar-refractivity contribution in [2.45, 2.75) is 76.8 Å². The predicted octanol–water partition coefficient (Wildman–Crippen LogP) is 8.06. The third kappa shape index (κ3) is 9.09. The van der Waals surface area contributed by atoms with Crippen molar-refractivity contribution in [3.05, 3.63) is 150 Å². The topological polar surface area (TPSA) is 76.3 Å². The fourth-order valence-corrected chi connectivity index (χ4v) is 8.58. The highest BCUT2D eigenvalue weighted by Crippen LogP contribution is 2.27. The number of hydrogen-bond acceptors (Lipinski definition) is 6. The number of benzene rings is 4. The van der Waals surface area contributed by atoms with Gasteiger partial charge < -0.3 is 0 Å². The molecule has 4 aromatic carbocycles. The quantitative estimate of drug-likeness (QED) is 0.144. The van der Waals surface area contributed by atoms with Gasteiger partial charge in [0.25, 0.3) is 11.1 Å². The van der Waals surface area contributed by atoms with Crippen LogP contribution < -0.4 is 11.1 Å². The summed E-state index contributed by atoms with van der Waals surface area (Å²) >= 11 is 3.45. The molecule has 10 rings (SSSR count). The molecule has 58 heavy (non-hydrogen) atoms. The lowest BCUT2D eigenvalue weighted by molar-refractivity contribution is 0.0952. The van der Waals surface area contributed by atoms with Gasteiger partial charge in [-0.3, -0.25) is 28.5 Å². The lowest BCUT2D eigenvalue weighted by atomic mass is 10.00. The number of hydrogen-bond donors (Lipinski definition) is 0. The summed E-state index contributed by atoms with van der Waals surface area (Å²) in [5.74, 6) is 9.51. The largest absolute Gasteiger partial charge is 0.293 e. The second-order valence-electron chi connectivity index (χ2n) is 14.9. The van der Waals surface area contributed by atoms with Crippen molar-refractivity contribution in [2.75, 3.05) is 13.1 Å². The van der Waals surface area contributed by atoms with Gasteiger partial charge >= 0.3 is 0 Å². The molecule has 6 aromatic rings. The Balaban J connectivity index is 0.000000148. The van der Waals surface area contributed by atoms with Gasteiger partial charge in [-0.2, -0.15) is 0 Å². The summed E-state index contributed by atoms with van der Waals surface area (Å²) < 4.78 is 30.3. The molecule has 0 bridgehead atoms.